The summed E-state index contributed by atoms with van der Waals surface area (Å²) in [5.74, 6) is -0.255. The second-order valence-electron chi connectivity index (χ2n) is 4.29. The molecule has 0 aliphatic rings. The molecule has 0 unspecified atom stereocenters. The molecule has 0 atom stereocenters. The van der Waals surface area contributed by atoms with Crippen LogP contribution in [0.3, 0.4) is 0 Å². The van der Waals surface area contributed by atoms with Crippen LogP contribution in [0.5, 0.6) is 5.75 Å². The minimum atomic E-state index is -0.447. The number of hydrogen-bond acceptors (Lipinski definition) is 3. The normalized spacial score (nSPS) is 10.0. The molecule has 2 amide bonds. The minimum Gasteiger partial charge on any atom is -0.483 e. The van der Waals surface area contributed by atoms with Gasteiger partial charge in [0.2, 0.25) is 0 Å². The number of halogens is 1. The lowest BCUT2D eigenvalue weighted by Crippen LogP contribution is -2.44. The van der Waals surface area contributed by atoms with Gasteiger partial charge in [-0.15, -0.1) is 0 Å². The number of hydrazine groups is 1. The summed E-state index contributed by atoms with van der Waals surface area (Å²) in [6, 6.07) is 8.98. The van der Waals surface area contributed by atoms with Gasteiger partial charge in [-0.3, -0.25) is 20.4 Å². The van der Waals surface area contributed by atoms with Crippen molar-refractivity contribution in [2.75, 3.05) is 6.61 Å². The molecule has 0 aliphatic heterocycles. The third kappa shape index (κ3) is 4.35. The summed E-state index contributed by atoms with van der Waals surface area (Å²) >= 11 is 3.22. The van der Waals surface area contributed by atoms with Gasteiger partial charge in [-0.05, 0) is 40.5 Å². The molecular weight excluding hydrogens is 338 g/mol. The summed E-state index contributed by atoms with van der Waals surface area (Å²) in [5.41, 5.74) is 5.84. The summed E-state index contributed by atoms with van der Waals surface area (Å²) in [6.07, 6.45) is 1.62. The van der Waals surface area contributed by atoms with Crippen LogP contribution < -0.4 is 15.6 Å². The topological polar surface area (TPSA) is 83.2 Å². The molecule has 1 heterocycles. The van der Waals surface area contributed by atoms with Crippen molar-refractivity contribution in [2.45, 2.75) is 6.92 Å². The van der Waals surface area contributed by atoms with Crippen molar-refractivity contribution in [3.05, 3.63) is 52.3 Å². The van der Waals surface area contributed by atoms with Gasteiger partial charge in [0, 0.05) is 10.7 Å². The van der Waals surface area contributed by atoms with Crippen LogP contribution in [0.2, 0.25) is 0 Å². The van der Waals surface area contributed by atoms with Crippen molar-refractivity contribution in [1.29, 1.82) is 0 Å². The number of nitrogens with one attached hydrogen (secondary N) is 3. The van der Waals surface area contributed by atoms with Gasteiger partial charge in [-0.1, -0.05) is 18.2 Å². The minimum absolute atomic E-state index is 0.181. The van der Waals surface area contributed by atoms with Gasteiger partial charge in [-0.25, -0.2) is 0 Å². The van der Waals surface area contributed by atoms with Gasteiger partial charge in [0.15, 0.2) is 6.61 Å². The number of rotatable bonds is 4. The highest BCUT2D eigenvalue weighted by Gasteiger charge is 2.09. The number of hydrogen-bond donors (Lipinski definition) is 3. The van der Waals surface area contributed by atoms with Gasteiger partial charge in [0.05, 0.1) is 0 Å². The zero-order valence-electron chi connectivity index (χ0n) is 11.3. The largest absolute Gasteiger partial charge is 0.483 e. The third-order valence-electron chi connectivity index (χ3n) is 2.66. The SMILES string of the molecule is Cc1ccccc1OCC(=O)NNC(=O)c1cc(Br)c[nH]1. The van der Waals surface area contributed by atoms with Gasteiger partial charge in [0.1, 0.15) is 11.4 Å². The number of carbonyl (C=O) groups is 2. The number of amides is 2. The van der Waals surface area contributed by atoms with Gasteiger partial charge >= 0.3 is 0 Å². The van der Waals surface area contributed by atoms with E-state index in [1.807, 2.05) is 25.1 Å². The Morgan fingerprint density at radius 2 is 2.05 bits per heavy atom. The number of H-pyrrole nitrogens is 1. The first kappa shape index (κ1) is 15.1. The van der Waals surface area contributed by atoms with Crippen molar-refractivity contribution in [3.8, 4) is 5.75 Å². The monoisotopic (exact) mass is 351 g/mol. The van der Waals surface area contributed by atoms with E-state index in [0.717, 1.165) is 10.0 Å². The Balaban J connectivity index is 1.78. The fraction of sp³-hybridized carbons (Fsp3) is 0.143. The molecule has 2 aromatic rings. The molecule has 0 saturated carbocycles. The molecular formula is C14H14BrN3O3. The molecule has 21 heavy (non-hydrogen) atoms. The molecule has 3 N–H and O–H groups in total. The maximum atomic E-state index is 11.7. The molecule has 0 spiro atoms. The maximum absolute atomic E-state index is 11.7. The van der Waals surface area contributed by atoms with E-state index in [2.05, 4.69) is 31.8 Å². The highest BCUT2D eigenvalue weighted by atomic mass is 79.9. The number of aromatic nitrogens is 1. The van der Waals surface area contributed by atoms with E-state index in [1.165, 1.54) is 0 Å². The Bertz CT molecular complexity index is 654. The van der Waals surface area contributed by atoms with E-state index >= 15 is 0 Å². The predicted octanol–water partition coefficient (Wildman–Crippen LogP) is 1.93. The first-order valence-electron chi connectivity index (χ1n) is 6.18. The van der Waals surface area contributed by atoms with Crippen LogP contribution in [0, 0.1) is 6.92 Å². The number of carbonyl (C=O) groups excluding carboxylic acids is 2. The van der Waals surface area contributed by atoms with Crippen molar-refractivity contribution in [2.24, 2.45) is 0 Å². The van der Waals surface area contributed by atoms with Gasteiger partial charge in [-0.2, -0.15) is 0 Å². The predicted molar refractivity (Wildman–Crippen MR) is 80.8 cm³/mol. The second kappa shape index (κ2) is 6.94. The van der Waals surface area contributed by atoms with Crippen LogP contribution in [0.25, 0.3) is 0 Å². The smallest absolute Gasteiger partial charge is 0.286 e. The first-order chi connectivity index (χ1) is 10.1. The molecule has 0 aliphatic carbocycles. The Hall–Kier alpha value is -2.28. The summed E-state index contributed by atoms with van der Waals surface area (Å²) < 4.78 is 6.11. The number of ether oxygens (including phenoxy) is 1. The molecule has 0 radical (unpaired) electrons. The number of aryl methyl sites for hydroxylation is 1. The molecule has 1 aromatic carbocycles. The summed E-state index contributed by atoms with van der Waals surface area (Å²) in [6.45, 7) is 1.71. The lowest BCUT2D eigenvalue weighted by atomic mass is 10.2. The lowest BCUT2D eigenvalue weighted by molar-refractivity contribution is -0.123. The van der Waals surface area contributed by atoms with E-state index in [1.54, 1.807) is 18.3 Å². The zero-order valence-corrected chi connectivity index (χ0v) is 12.9. The zero-order chi connectivity index (χ0) is 15.2. The van der Waals surface area contributed by atoms with Crippen molar-refractivity contribution in [1.82, 2.24) is 15.8 Å². The molecule has 0 saturated heterocycles. The molecule has 7 heteroatoms. The van der Waals surface area contributed by atoms with Crippen molar-refractivity contribution in [3.63, 3.8) is 0 Å². The van der Waals surface area contributed by atoms with E-state index in [0.29, 0.717) is 11.4 Å². The molecule has 2 rings (SSSR count). The second-order valence-corrected chi connectivity index (χ2v) is 5.20. The van der Waals surface area contributed by atoms with Crippen LogP contribution in [-0.4, -0.2) is 23.4 Å². The van der Waals surface area contributed by atoms with E-state index in [-0.39, 0.29) is 6.61 Å². The van der Waals surface area contributed by atoms with E-state index < -0.39 is 11.8 Å². The Morgan fingerprint density at radius 1 is 1.29 bits per heavy atom. The Labute approximate surface area is 130 Å². The molecule has 0 bridgehead atoms. The summed E-state index contributed by atoms with van der Waals surface area (Å²) in [4.78, 5) is 26.0. The van der Waals surface area contributed by atoms with E-state index in [4.69, 9.17) is 4.74 Å². The van der Waals surface area contributed by atoms with E-state index in [9.17, 15) is 9.59 Å². The lowest BCUT2D eigenvalue weighted by Gasteiger charge is -2.09. The number of para-hydroxylation sites is 1. The Morgan fingerprint density at radius 3 is 2.71 bits per heavy atom. The van der Waals surface area contributed by atoms with Crippen LogP contribution in [-0.2, 0) is 4.79 Å². The quantitative estimate of drug-likeness (QED) is 0.736. The molecule has 110 valence electrons. The Kier molecular flexibility index (Phi) is 4.99. The van der Waals surface area contributed by atoms with Crippen LogP contribution in [0.15, 0.2) is 41.0 Å². The average molecular weight is 352 g/mol. The van der Waals surface area contributed by atoms with Gasteiger partial charge in [0.25, 0.3) is 11.8 Å². The standard InChI is InChI=1S/C14H14BrN3O3/c1-9-4-2-3-5-12(9)21-8-13(19)17-18-14(20)11-6-10(15)7-16-11/h2-7,16H,8H2,1H3,(H,17,19)(H,18,20). The molecule has 0 fully saturated rings. The fourth-order valence-corrected chi connectivity index (χ4v) is 1.93. The highest BCUT2D eigenvalue weighted by Crippen LogP contribution is 2.15. The molecule has 6 nitrogen and oxygen atoms in total. The third-order valence-corrected chi connectivity index (χ3v) is 3.12. The van der Waals surface area contributed by atoms with Crippen molar-refractivity contribution < 1.29 is 14.3 Å². The van der Waals surface area contributed by atoms with Crippen LogP contribution in [0.4, 0.5) is 0 Å². The highest BCUT2D eigenvalue weighted by molar-refractivity contribution is 9.10. The first-order valence-corrected chi connectivity index (χ1v) is 6.97. The summed E-state index contributed by atoms with van der Waals surface area (Å²) in [7, 11) is 0. The van der Waals surface area contributed by atoms with Crippen LogP contribution in [0.1, 0.15) is 16.1 Å². The average Bonchev–Trinajstić information content (AvgIpc) is 2.90. The van der Waals surface area contributed by atoms with Crippen molar-refractivity contribution >= 4 is 27.7 Å². The number of benzene rings is 1. The van der Waals surface area contributed by atoms with Gasteiger partial charge < -0.3 is 9.72 Å². The fourth-order valence-electron chi connectivity index (χ4n) is 1.59. The number of aromatic amines is 1. The van der Waals surface area contributed by atoms with Crippen LogP contribution >= 0.6 is 15.9 Å². The molecule has 1 aromatic heterocycles. The summed E-state index contributed by atoms with van der Waals surface area (Å²) in [5, 5.41) is 0. The maximum Gasteiger partial charge on any atom is 0.286 e.